The van der Waals surface area contributed by atoms with Crippen molar-refractivity contribution in [3.05, 3.63) is 28.8 Å². The Kier molecular flexibility index (Phi) is 3.31. The second kappa shape index (κ2) is 5.35. The molecule has 0 spiro atoms. The summed E-state index contributed by atoms with van der Waals surface area (Å²) >= 11 is 0. The molecule has 3 aliphatic heterocycles. The Labute approximate surface area is 145 Å². The average molecular weight is 347 g/mol. The molecule has 1 aliphatic carbocycles. The molecule has 0 radical (unpaired) electrons. The highest BCUT2D eigenvalue weighted by molar-refractivity contribution is 5.63. The van der Waals surface area contributed by atoms with Gasteiger partial charge in [0.1, 0.15) is 0 Å². The van der Waals surface area contributed by atoms with Crippen molar-refractivity contribution in [3.8, 4) is 17.2 Å². The van der Waals surface area contributed by atoms with Gasteiger partial charge in [0, 0.05) is 29.6 Å². The van der Waals surface area contributed by atoms with Crippen molar-refractivity contribution < 1.29 is 29.2 Å². The molecule has 25 heavy (non-hydrogen) atoms. The van der Waals surface area contributed by atoms with Gasteiger partial charge in [0.05, 0.1) is 19.3 Å². The molecule has 1 aromatic carbocycles. The zero-order valence-electron chi connectivity index (χ0n) is 14.1. The summed E-state index contributed by atoms with van der Waals surface area (Å²) in [5.74, 6) is 1.52. The molecular weight excluding hydrogens is 326 g/mol. The fourth-order valence-corrected chi connectivity index (χ4v) is 4.77. The third kappa shape index (κ3) is 2.01. The third-order valence-corrected chi connectivity index (χ3v) is 5.80. The maximum atomic E-state index is 10.6. The number of rotatable bonds is 1. The predicted molar refractivity (Wildman–Crippen MR) is 86.8 cm³/mol. The number of aliphatic hydroxyl groups excluding tert-OH is 2. The van der Waals surface area contributed by atoms with E-state index in [0.29, 0.717) is 22.8 Å². The average Bonchev–Trinajstić information content (AvgIpc) is 3.20. The van der Waals surface area contributed by atoms with Crippen LogP contribution in [0.15, 0.2) is 17.7 Å². The summed E-state index contributed by atoms with van der Waals surface area (Å²) in [6, 6.07) is 1.87. The van der Waals surface area contributed by atoms with E-state index < -0.39 is 18.5 Å². The van der Waals surface area contributed by atoms with E-state index in [-0.39, 0.29) is 18.8 Å². The first-order chi connectivity index (χ1) is 12.1. The molecule has 7 heteroatoms. The quantitative estimate of drug-likeness (QED) is 0.731. The number of fused-ring (bicyclic) bond motifs is 6. The third-order valence-electron chi connectivity index (χ3n) is 5.80. The highest BCUT2D eigenvalue weighted by atomic mass is 16.7. The Balaban J connectivity index is 1.75. The highest BCUT2D eigenvalue weighted by Crippen LogP contribution is 2.56. The normalized spacial score (nSPS) is 35.7. The number of methoxy groups -OCH3 is 1. The molecule has 0 aromatic heterocycles. The van der Waals surface area contributed by atoms with Crippen molar-refractivity contribution >= 4 is 0 Å². The lowest BCUT2D eigenvalue weighted by molar-refractivity contribution is -0.186. The Morgan fingerprint density at radius 3 is 2.92 bits per heavy atom. The molecule has 0 bridgehead atoms. The molecule has 0 amide bonds. The molecule has 1 saturated heterocycles. The molecule has 5 rings (SSSR count). The first-order valence-electron chi connectivity index (χ1n) is 8.53. The van der Waals surface area contributed by atoms with Gasteiger partial charge in [-0.1, -0.05) is 11.6 Å². The van der Waals surface area contributed by atoms with E-state index in [9.17, 15) is 10.2 Å². The maximum absolute atomic E-state index is 10.6. The lowest BCUT2D eigenvalue weighted by Gasteiger charge is -2.46. The molecule has 134 valence electrons. The molecule has 7 nitrogen and oxygen atoms in total. The lowest BCUT2D eigenvalue weighted by atomic mass is 9.73. The molecule has 4 aliphatic rings. The minimum atomic E-state index is -1.14. The molecular formula is C18H21NO6. The first-order valence-corrected chi connectivity index (χ1v) is 8.53. The van der Waals surface area contributed by atoms with Gasteiger partial charge in [-0.05, 0) is 19.5 Å². The Bertz CT molecular complexity index is 762. The van der Waals surface area contributed by atoms with Gasteiger partial charge in [-0.3, -0.25) is 4.90 Å². The second-order valence-corrected chi connectivity index (χ2v) is 7.03. The van der Waals surface area contributed by atoms with E-state index in [2.05, 4.69) is 11.9 Å². The van der Waals surface area contributed by atoms with Gasteiger partial charge in [-0.25, -0.2) is 0 Å². The number of likely N-dealkylation sites (tertiary alicyclic amines) is 1. The number of ether oxygens (including phenoxy) is 4. The Hall–Kier alpha value is -1.80. The fraction of sp³-hybridized carbons (Fsp3) is 0.556. The molecule has 3 heterocycles. The van der Waals surface area contributed by atoms with Crippen LogP contribution in [-0.2, 0) is 4.74 Å². The van der Waals surface area contributed by atoms with Crippen LogP contribution in [0.3, 0.4) is 0 Å². The van der Waals surface area contributed by atoms with Crippen molar-refractivity contribution in [3.63, 3.8) is 0 Å². The van der Waals surface area contributed by atoms with Crippen LogP contribution in [0, 0.1) is 0 Å². The number of benzene rings is 1. The van der Waals surface area contributed by atoms with Crippen molar-refractivity contribution in [1.29, 1.82) is 0 Å². The van der Waals surface area contributed by atoms with Crippen molar-refractivity contribution in [1.82, 2.24) is 4.90 Å². The zero-order chi connectivity index (χ0) is 17.3. The van der Waals surface area contributed by atoms with Gasteiger partial charge >= 0.3 is 0 Å². The molecule has 0 unspecified atom stereocenters. The maximum Gasteiger partial charge on any atom is 0.231 e. The van der Waals surface area contributed by atoms with Crippen molar-refractivity contribution in [2.24, 2.45) is 0 Å². The van der Waals surface area contributed by atoms with E-state index in [4.69, 9.17) is 18.9 Å². The monoisotopic (exact) mass is 347 g/mol. The zero-order valence-corrected chi connectivity index (χ0v) is 14.1. The number of likely N-dealkylation sites (N-methyl/N-ethyl adjacent to an activating group) is 1. The van der Waals surface area contributed by atoms with Gasteiger partial charge in [0.2, 0.25) is 12.5 Å². The minimum Gasteiger partial charge on any atom is -0.492 e. The molecule has 1 fully saturated rings. The topological polar surface area (TPSA) is 80.6 Å². The largest absolute Gasteiger partial charge is 0.492 e. The van der Waals surface area contributed by atoms with Crippen LogP contribution in [0.1, 0.15) is 29.8 Å². The van der Waals surface area contributed by atoms with Crippen LogP contribution < -0.4 is 14.2 Å². The van der Waals surface area contributed by atoms with Crippen LogP contribution in [0.5, 0.6) is 17.2 Å². The van der Waals surface area contributed by atoms with Crippen LogP contribution in [0.25, 0.3) is 0 Å². The summed E-state index contributed by atoms with van der Waals surface area (Å²) in [5.41, 5.74) is 2.68. The van der Waals surface area contributed by atoms with Crippen LogP contribution >= 0.6 is 0 Å². The summed E-state index contributed by atoms with van der Waals surface area (Å²) in [6.07, 6.45) is 0.362. The molecule has 2 N–H and O–H groups in total. The Morgan fingerprint density at radius 1 is 1.28 bits per heavy atom. The molecule has 0 saturated carbocycles. The van der Waals surface area contributed by atoms with Gasteiger partial charge in [0.25, 0.3) is 0 Å². The smallest absolute Gasteiger partial charge is 0.231 e. The van der Waals surface area contributed by atoms with Crippen LogP contribution in [0.2, 0.25) is 0 Å². The van der Waals surface area contributed by atoms with Crippen LogP contribution in [-0.4, -0.2) is 60.9 Å². The SMILES string of the molecule is COc1c2c(cc3c1[C@@H]1[C@H](O[C@@H]3O)[C@@H](O)C=C3CCN(C)[C@H]31)OCO2. The standard InChI is InChI=1S/C18H21NO6/c1-19-4-3-8-5-10(20)15-13(14(8)19)12-9(18(21)25-15)6-11-16(17(12)22-2)24-7-23-11/h5-6,10,13-15,18,20-21H,3-4,7H2,1-2H3/t10-,13-,14+,15+,18-/m0/s1. The lowest BCUT2D eigenvalue weighted by Crippen LogP contribution is -2.50. The van der Waals surface area contributed by atoms with E-state index in [0.717, 1.165) is 18.5 Å². The van der Waals surface area contributed by atoms with E-state index >= 15 is 0 Å². The highest BCUT2D eigenvalue weighted by Gasteiger charge is 2.51. The fourth-order valence-electron chi connectivity index (χ4n) is 4.77. The first kappa shape index (κ1) is 15.5. The summed E-state index contributed by atoms with van der Waals surface area (Å²) in [7, 11) is 3.66. The predicted octanol–water partition coefficient (Wildman–Crippen LogP) is 0.902. The summed E-state index contributed by atoms with van der Waals surface area (Å²) < 4.78 is 22.6. The van der Waals surface area contributed by atoms with E-state index in [1.807, 2.05) is 6.08 Å². The van der Waals surface area contributed by atoms with Gasteiger partial charge in [-0.15, -0.1) is 0 Å². The van der Waals surface area contributed by atoms with E-state index in [1.54, 1.807) is 13.2 Å². The number of aliphatic hydroxyl groups is 2. The van der Waals surface area contributed by atoms with E-state index in [1.165, 1.54) is 5.57 Å². The van der Waals surface area contributed by atoms with Gasteiger partial charge in [0.15, 0.2) is 17.8 Å². The summed E-state index contributed by atoms with van der Waals surface area (Å²) in [6.45, 7) is 1.05. The second-order valence-electron chi connectivity index (χ2n) is 7.03. The summed E-state index contributed by atoms with van der Waals surface area (Å²) in [5, 5.41) is 21.2. The van der Waals surface area contributed by atoms with Gasteiger partial charge < -0.3 is 29.2 Å². The van der Waals surface area contributed by atoms with Crippen LogP contribution in [0.4, 0.5) is 0 Å². The minimum absolute atomic E-state index is 0.105. The van der Waals surface area contributed by atoms with Crippen molar-refractivity contribution in [2.75, 3.05) is 27.5 Å². The number of hydrogen-bond donors (Lipinski definition) is 2. The Morgan fingerprint density at radius 2 is 2.12 bits per heavy atom. The van der Waals surface area contributed by atoms with Crippen molar-refractivity contribution in [2.45, 2.75) is 36.9 Å². The van der Waals surface area contributed by atoms with Gasteiger partial charge in [-0.2, -0.15) is 0 Å². The molecule has 1 aromatic rings. The molecule has 5 atom stereocenters. The summed E-state index contributed by atoms with van der Waals surface area (Å²) in [4.78, 5) is 2.27. The number of nitrogens with zero attached hydrogens (tertiary/aromatic N) is 1. The number of hydrogen-bond acceptors (Lipinski definition) is 7.